The average molecular weight is 391 g/mol. The molecule has 152 valence electrons. The molecule has 2 fully saturated rings. The zero-order valence-corrected chi connectivity index (χ0v) is 15.8. The number of imide groups is 1. The molecule has 0 unspecified atom stereocenters. The Morgan fingerprint density at radius 3 is 2.75 bits per heavy atom. The summed E-state index contributed by atoms with van der Waals surface area (Å²) in [4.78, 5) is 49.8. The van der Waals surface area contributed by atoms with Crippen LogP contribution in [0.2, 0.25) is 0 Å². The van der Waals surface area contributed by atoms with E-state index < -0.39 is 29.9 Å². The largest absolute Gasteiger partial charge is 0.467 e. The van der Waals surface area contributed by atoms with Crippen LogP contribution in [0.5, 0.6) is 0 Å². The summed E-state index contributed by atoms with van der Waals surface area (Å²) in [7, 11) is 0. The predicted molar refractivity (Wildman–Crippen MR) is 96.7 cm³/mol. The number of furan rings is 1. The number of esters is 1. The maximum Gasteiger partial charge on any atom is 0.321 e. The van der Waals surface area contributed by atoms with Crippen LogP contribution in [0.25, 0.3) is 0 Å². The van der Waals surface area contributed by atoms with Crippen molar-refractivity contribution in [3.63, 3.8) is 0 Å². The first-order chi connectivity index (χ1) is 13.4. The Bertz CT molecular complexity index is 726. The van der Waals surface area contributed by atoms with Gasteiger partial charge in [-0.1, -0.05) is 12.8 Å². The number of likely N-dealkylation sites (tertiary alicyclic amines) is 1. The quantitative estimate of drug-likeness (QED) is 0.707. The van der Waals surface area contributed by atoms with Crippen LogP contribution in [0.15, 0.2) is 22.8 Å². The Kier molecular flexibility index (Phi) is 6.33. The minimum atomic E-state index is -1.13. The number of hydrogen-bond donors (Lipinski definition) is 2. The van der Waals surface area contributed by atoms with Crippen molar-refractivity contribution >= 4 is 23.8 Å². The fourth-order valence-corrected chi connectivity index (χ4v) is 3.50. The number of carbonyl (C=O) groups excluding carboxylic acids is 4. The van der Waals surface area contributed by atoms with E-state index in [1.54, 1.807) is 12.1 Å². The average Bonchev–Trinajstić information content (AvgIpc) is 3.39. The van der Waals surface area contributed by atoms with E-state index in [0.29, 0.717) is 5.76 Å². The van der Waals surface area contributed by atoms with Gasteiger partial charge in [0.1, 0.15) is 5.76 Å². The molecule has 2 aliphatic rings. The van der Waals surface area contributed by atoms with Gasteiger partial charge in [-0.2, -0.15) is 0 Å². The molecule has 3 rings (SSSR count). The predicted octanol–water partition coefficient (Wildman–Crippen LogP) is 1.33. The molecular formula is C19H25N3O6. The van der Waals surface area contributed by atoms with Gasteiger partial charge in [-0.05, 0) is 31.9 Å². The number of ether oxygens (including phenoxy) is 1. The summed E-state index contributed by atoms with van der Waals surface area (Å²) < 4.78 is 10.4. The normalized spacial score (nSPS) is 20.8. The molecule has 1 aliphatic heterocycles. The smallest absolute Gasteiger partial charge is 0.321 e. The van der Waals surface area contributed by atoms with E-state index in [0.717, 1.165) is 25.7 Å². The molecule has 28 heavy (non-hydrogen) atoms. The zero-order chi connectivity index (χ0) is 20.1. The molecular weight excluding hydrogens is 366 g/mol. The van der Waals surface area contributed by atoms with Crippen LogP contribution in [0.1, 0.15) is 44.8 Å². The first-order valence-corrected chi connectivity index (χ1v) is 9.54. The SMILES string of the molecule is C[C@@H](OC(=O)[C@@H]1CC(=O)N(Cc2ccco2)C1)C(=O)NC(=O)NC1CCCC1. The third-order valence-corrected chi connectivity index (χ3v) is 5.06. The van der Waals surface area contributed by atoms with Crippen LogP contribution in [-0.4, -0.2) is 47.4 Å². The number of urea groups is 1. The minimum absolute atomic E-state index is 0.0239. The Balaban J connectivity index is 1.43. The molecule has 0 aromatic carbocycles. The van der Waals surface area contributed by atoms with Gasteiger partial charge in [0.15, 0.2) is 6.10 Å². The number of amides is 4. The number of hydrogen-bond acceptors (Lipinski definition) is 6. The summed E-state index contributed by atoms with van der Waals surface area (Å²) in [6, 6.07) is 2.97. The maximum atomic E-state index is 12.3. The van der Waals surface area contributed by atoms with E-state index >= 15 is 0 Å². The van der Waals surface area contributed by atoms with Gasteiger partial charge >= 0.3 is 12.0 Å². The Morgan fingerprint density at radius 2 is 2.07 bits per heavy atom. The van der Waals surface area contributed by atoms with E-state index in [-0.39, 0.29) is 31.5 Å². The molecule has 0 radical (unpaired) electrons. The van der Waals surface area contributed by atoms with Crippen LogP contribution in [0.4, 0.5) is 4.79 Å². The van der Waals surface area contributed by atoms with E-state index in [4.69, 9.17) is 9.15 Å². The highest BCUT2D eigenvalue weighted by atomic mass is 16.5. The number of nitrogens with one attached hydrogen (secondary N) is 2. The third kappa shape index (κ3) is 5.11. The van der Waals surface area contributed by atoms with Gasteiger partial charge in [0.05, 0.1) is 18.7 Å². The van der Waals surface area contributed by atoms with Gasteiger partial charge in [-0.25, -0.2) is 4.79 Å². The lowest BCUT2D eigenvalue weighted by molar-refractivity contribution is -0.158. The van der Waals surface area contributed by atoms with Crippen molar-refractivity contribution in [1.82, 2.24) is 15.5 Å². The molecule has 1 saturated heterocycles. The van der Waals surface area contributed by atoms with Crippen molar-refractivity contribution in [2.24, 2.45) is 5.92 Å². The molecule has 0 bridgehead atoms. The Morgan fingerprint density at radius 1 is 1.32 bits per heavy atom. The summed E-state index contributed by atoms with van der Waals surface area (Å²) in [5, 5.41) is 4.93. The maximum absolute atomic E-state index is 12.3. The van der Waals surface area contributed by atoms with Crippen molar-refractivity contribution in [2.75, 3.05) is 6.54 Å². The standard InChI is InChI=1S/C19H25N3O6/c1-12(17(24)21-19(26)20-14-5-2-3-6-14)28-18(25)13-9-16(23)22(10-13)11-15-7-4-8-27-15/h4,7-8,12-14H,2-3,5-6,9-11H2,1H3,(H2,20,21,24,26)/t12-,13-/m1/s1. The first kappa shape index (κ1) is 19.9. The summed E-state index contributed by atoms with van der Waals surface area (Å²) in [5.74, 6) is -1.52. The molecule has 4 amide bonds. The Labute approximate surface area is 162 Å². The number of nitrogens with zero attached hydrogens (tertiary/aromatic N) is 1. The van der Waals surface area contributed by atoms with Crippen molar-refractivity contribution in [3.05, 3.63) is 24.2 Å². The minimum Gasteiger partial charge on any atom is -0.467 e. The topological polar surface area (TPSA) is 118 Å². The third-order valence-electron chi connectivity index (χ3n) is 5.06. The summed E-state index contributed by atoms with van der Waals surface area (Å²) in [5.41, 5.74) is 0. The number of rotatable bonds is 6. The lowest BCUT2D eigenvalue weighted by Crippen LogP contribution is -2.47. The van der Waals surface area contributed by atoms with Crippen molar-refractivity contribution in [3.8, 4) is 0 Å². The summed E-state index contributed by atoms with van der Waals surface area (Å²) >= 11 is 0. The Hall–Kier alpha value is -2.84. The van der Waals surface area contributed by atoms with Crippen LogP contribution in [0, 0.1) is 5.92 Å². The molecule has 2 atom stereocenters. The van der Waals surface area contributed by atoms with Crippen molar-refractivity contribution in [2.45, 2.75) is 57.7 Å². The van der Waals surface area contributed by atoms with E-state index in [1.165, 1.54) is 18.1 Å². The van der Waals surface area contributed by atoms with Crippen LogP contribution in [0.3, 0.4) is 0 Å². The van der Waals surface area contributed by atoms with Gasteiger partial charge in [0.25, 0.3) is 5.91 Å². The molecule has 1 aliphatic carbocycles. The zero-order valence-electron chi connectivity index (χ0n) is 15.8. The monoisotopic (exact) mass is 391 g/mol. The summed E-state index contributed by atoms with van der Waals surface area (Å²) in [6.45, 7) is 1.88. The first-order valence-electron chi connectivity index (χ1n) is 9.54. The lowest BCUT2D eigenvalue weighted by atomic mass is 10.1. The lowest BCUT2D eigenvalue weighted by Gasteiger charge is -2.17. The highest BCUT2D eigenvalue weighted by Crippen LogP contribution is 2.22. The fraction of sp³-hybridized carbons (Fsp3) is 0.579. The molecule has 0 spiro atoms. The highest BCUT2D eigenvalue weighted by Gasteiger charge is 2.37. The van der Waals surface area contributed by atoms with Gasteiger partial charge in [-0.15, -0.1) is 0 Å². The van der Waals surface area contributed by atoms with Crippen LogP contribution in [-0.2, 0) is 25.7 Å². The highest BCUT2D eigenvalue weighted by molar-refractivity contribution is 5.97. The second kappa shape index (κ2) is 8.90. The second-order valence-corrected chi connectivity index (χ2v) is 7.28. The molecule has 1 saturated carbocycles. The molecule has 1 aromatic rings. The van der Waals surface area contributed by atoms with Gasteiger partial charge in [0, 0.05) is 19.0 Å². The number of carbonyl (C=O) groups is 4. The van der Waals surface area contributed by atoms with Gasteiger partial charge in [0.2, 0.25) is 5.91 Å². The fourth-order valence-electron chi connectivity index (χ4n) is 3.50. The van der Waals surface area contributed by atoms with Crippen LogP contribution >= 0.6 is 0 Å². The molecule has 2 heterocycles. The second-order valence-electron chi connectivity index (χ2n) is 7.28. The molecule has 1 aromatic heterocycles. The van der Waals surface area contributed by atoms with Crippen LogP contribution < -0.4 is 10.6 Å². The molecule has 9 nitrogen and oxygen atoms in total. The molecule has 9 heteroatoms. The van der Waals surface area contributed by atoms with E-state index in [1.807, 2.05) is 0 Å². The molecule has 2 N–H and O–H groups in total. The van der Waals surface area contributed by atoms with Crippen molar-refractivity contribution in [1.29, 1.82) is 0 Å². The van der Waals surface area contributed by atoms with Crippen molar-refractivity contribution < 1.29 is 28.3 Å². The van der Waals surface area contributed by atoms with Gasteiger partial charge in [-0.3, -0.25) is 19.7 Å². The van der Waals surface area contributed by atoms with E-state index in [2.05, 4.69) is 10.6 Å². The van der Waals surface area contributed by atoms with E-state index in [9.17, 15) is 19.2 Å². The summed E-state index contributed by atoms with van der Waals surface area (Å²) in [6.07, 6.45) is 4.33. The van der Waals surface area contributed by atoms with Gasteiger partial charge < -0.3 is 19.4 Å².